The van der Waals surface area contributed by atoms with E-state index >= 15 is 0 Å². The van der Waals surface area contributed by atoms with E-state index in [1.54, 1.807) is 0 Å². The molecule has 1 aliphatic carbocycles. The molecule has 0 radical (unpaired) electrons. The minimum atomic E-state index is 0.0647. The fourth-order valence-electron chi connectivity index (χ4n) is 3.01. The largest absolute Gasteiger partial charge is 0.326 e. The van der Waals surface area contributed by atoms with Gasteiger partial charge < -0.3 is 5.32 Å². The number of hydrogen-bond donors (Lipinski definition) is 1. The Hall–Kier alpha value is -3.27. The highest BCUT2D eigenvalue weighted by molar-refractivity contribution is 5.95. The van der Waals surface area contributed by atoms with E-state index in [2.05, 4.69) is 27.7 Å². The van der Waals surface area contributed by atoms with Gasteiger partial charge >= 0.3 is 0 Å². The Balaban J connectivity index is 1.35. The molecule has 3 aromatic rings. The molecule has 1 fully saturated rings. The van der Waals surface area contributed by atoms with E-state index in [0.29, 0.717) is 5.92 Å². The normalized spacial score (nSPS) is 18.6. The average molecular weight is 341 g/mol. The van der Waals surface area contributed by atoms with Crippen LogP contribution in [0.1, 0.15) is 17.9 Å². The molecule has 0 unspecified atom stereocenters. The van der Waals surface area contributed by atoms with Crippen molar-refractivity contribution in [2.24, 2.45) is 16.1 Å². The first-order chi connectivity index (χ1) is 12.8. The summed E-state index contributed by atoms with van der Waals surface area (Å²) in [7, 11) is 0. The zero-order valence-corrected chi connectivity index (χ0v) is 14.2. The number of azo groups is 1. The van der Waals surface area contributed by atoms with Crippen LogP contribution < -0.4 is 5.32 Å². The van der Waals surface area contributed by atoms with Crippen molar-refractivity contribution in [1.29, 1.82) is 0 Å². The Morgan fingerprint density at radius 1 is 0.769 bits per heavy atom. The van der Waals surface area contributed by atoms with E-state index in [4.69, 9.17) is 0 Å². The van der Waals surface area contributed by atoms with Crippen LogP contribution in [0.4, 0.5) is 17.1 Å². The summed E-state index contributed by atoms with van der Waals surface area (Å²) in [4.78, 5) is 12.4. The van der Waals surface area contributed by atoms with E-state index < -0.39 is 0 Å². The minimum Gasteiger partial charge on any atom is -0.326 e. The van der Waals surface area contributed by atoms with Gasteiger partial charge in [-0.3, -0.25) is 4.79 Å². The van der Waals surface area contributed by atoms with Gasteiger partial charge in [0.15, 0.2) is 0 Å². The standard InChI is InChI=1S/C22H19N3O/c26-22(21-15-20(21)16-7-3-1-4-8-16)23-17-11-13-19(14-12-17)25-24-18-9-5-2-6-10-18/h1-14,20-21H,15H2,(H,23,26)/t20-,21-/m1/s1. The monoisotopic (exact) mass is 341 g/mol. The number of carbonyl (C=O) groups excluding carboxylic acids is 1. The number of benzene rings is 3. The number of nitrogens with one attached hydrogen (secondary N) is 1. The predicted octanol–water partition coefficient (Wildman–Crippen LogP) is 5.84. The molecule has 0 aromatic heterocycles. The molecule has 3 aromatic carbocycles. The van der Waals surface area contributed by atoms with Crippen molar-refractivity contribution in [3.05, 3.63) is 90.5 Å². The summed E-state index contributed by atoms with van der Waals surface area (Å²) >= 11 is 0. The third kappa shape index (κ3) is 3.86. The van der Waals surface area contributed by atoms with E-state index in [1.165, 1.54) is 5.56 Å². The van der Waals surface area contributed by atoms with Crippen molar-refractivity contribution in [2.75, 3.05) is 5.32 Å². The van der Waals surface area contributed by atoms with Crippen molar-refractivity contribution in [3.8, 4) is 0 Å². The number of anilines is 1. The van der Waals surface area contributed by atoms with Crippen LogP contribution in [0.25, 0.3) is 0 Å². The maximum atomic E-state index is 12.4. The average Bonchev–Trinajstić information content (AvgIpc) is 3.50. The first-order valence-electron chi connectivity index (χ1n) is 8.72. The van der Waals surface area contributed by atoms with Gasteiger partial charge in [0.25, 0.3) is 0 Å². The van der Waals surface area contributed by atoms with Gasteiger partial charge in [-0.1, -0.05) is 48.5 Å². The van der Waals surface area contributed by atoms with E-state index in [-0.39, 0.29) is 11.8 Å². The van der Waals surface area contributed by atoms with Crippen molar-refractivity contribution in [1.82, 2.24) is 0 Å². The van der Waals surface area contributed by atoms with Gasteiger partial charge in [-0.05, 0) is 54.3 Å². The molecule has 0 spiro atoms. The Kier molecular flexibility index (Phi) is 4.56. The lowest BCUT2D eigenvalue weighted by atomic mass is 10.1. The molecule has 0 saturated heterocycles. The van der Waals surface area contributed by atoms with Gasteiger partial charge in [-0.15, -0.1) is 0 Å². The highest BCUT2D eigenvalue weighted by atomic mass is 16.2. The molecule has 2 atom stereocenters. The van der Waals surface area contributed by atoms with Crippen LogP contribution in [0.3, 0.4) is 0 Å². The Bertz CT molecular complexity index is 905. The molecular weight excluding hydrogens is 322 g/mol. The van der Waals surface area contributed by atoms with Gasteiger partial charge in [0, 0.05) is 11.6 Å². The molecule has 0 aliphatic heterocycles. The fourth-order valence-corrected chi connectivity index (χ4v) is 3.01. The smallest absolute Gasteiger partial charge is 0.228 e. The van der Waals surface area contributed by atoms with Crippen molar-refractivity contribution in [2.45, 2.75) is 12.3 Å². The molecule has 1 N–H and O–H groups in total. The summed E-state index contributed by atoms with van der Waals surface area (Å²) in [6.45, 7) is 0. The van der Waals surface area contributed by atoms with Crippen molar-refractivity contribution in [3.63, 3.8) is 0 Å². The van der Waals surface area contributed by atoms with Crippen LogP contribution in [-0.4, -0.2) is 5.91 Å². The second-order valence-corrected chi connectivity index (χ2v) is 6.43. The minimum absolute atomic E-state index is 0.0647. The maximum absolute atomic E-state index is 12.4. The number of rotatable bonds is 5. The molecule has 1 amide bonds. The van der Waals surface area contributed by atoms with Crippen LogP contribution in [0.2, 0.25) is 0 Å². The van der Waals surface area contributed by atoms with Crippen LogP contribution in [0.15, 0.2) is 95.2 Å². The molecule has 1 aliphatic rings. The number of hydrogen-bond acceptors (Lipinski definition) is 3. The maximum Gasteiger partial charge on any atom is 0.228 e. The van der Waals surface area contributed by atoms with Gasteiger partial charge in [-0.2, -0.15) is 10.2 Å². The molecule has 26 heavy (non-hydrogen) atoms. The van der Waals surface area contributed by atoms with Gasteiger partial charge in [0.05, 0.1) is 11.4 Å². The highest BCUT2D eigenvalue weighted by Crippen LogP contribution is 2.47. The summed E-state index contributed by atoms with van der Waals surface area (Å²) in [5.41, 5.74) is 3.59. The lowest BCUT2D eigenvalue weighted by molar-refractivity contribution is -0.117. The van der Waals surface area contributed by atoms with E-state index in [0.717, 1.165) is 23.5 Å². The molecule has 0 bridgehead atoms. The summed E-state index contributed by atoms with van der Waals surface area (Å²) in [6, 6.07) is 27.2. The highest BCUT2D eigenvalue weighted by Gasteiger charge is 2.43. The molecule has 128 valence electrons. The lowest BCUT2D eigenvalue weighted by Gasteiger charge is -2.05. The second-order valence-electron chi connectivity index (χ2n) is 6.43. The molecule has 4 rings (SSSR count). The number of nitrogens with zero attached hydrogens (tertiary/aromatic N) is 2. The quantitative estimate of drug-likeness (QED) is 0.582. The predicted molar refractivity (Wildman–Crippen MR) is 103 cm³/mol. The summed E-state index contributed by atoms with van der Waals surface area (Å²) < 4.78 is 0. The lowest BCUT2D eigenvalue weighted by Crippen LogP contribution is -2.14. The molecule has 0 heterocycles. The zero-order valence-electron chi connectivity index (χ0n) is 14.2. The number of amides is 1. The zero-order chi connectivity index (χ0) is 17.8. The van der Waals surface area contributed by atoms with Crippen molar-refractivity contribution >= 4 is 23.0 Å². The van der Waals surface area contributed by atoms with Crippen LogP contribution in [-0.2, 0) is 4.79 Å². The summed E-state index contributed by atoms with van der Waals surface area (Å²) in [6.07, 6.45) is 0.916. The third-order valence-electron chi connectivity index (χ3n) is 4.53. The first-order valence-corrected chi connectivity index (χ1v) is 8.72. The topological polar surface area (TPSA) is 53.8 Å². The molecule has 1 saturated carbocycles. The molecule has 4 heteroatoms. The van der Waals surface area contributed by atoms with E-state index in [9.17, 15) is 4.79 Å². The Labute approximate surface area is 152 Å². The van der Waals surface area contributed by atoms with Crippen molar-refractivity contribution < 1.29 is 4.79 Å². The second kappa shape index (κ2) is 7.31. The van der Waals surface area contributed by atoms with Gasteiger partial charge in [0.2, 0.25) is 5.91 Å². The first kappa shape index (κ1) is 16.2. The fraction of sp³-hybridized carbons (Fsp3) is 0.136. The summed E-state index contributed by atoms with van der Waals surface area (Å²) in [5, 5.41) is 11.4. The summed E-state index contributed by atoms with van der Waals surface area (Å²) in [5.74, 6) is 0.488. The van der Waals surface area contributed by atoms with Crippen LogP contribution >= 0.6 is 0 Å². The number of carbonyl (C=O) groups is 1. The third-order valence-corrected chi connectivity index (χ3v) is 4.53. The van der Waals surface area contributed by atoms with Crippen LogP contribution in [0.5, 0.6) is 0 Å². The van der Waals surface area contributed by atoms with Crippen LogP contribution in [0, 0.1) is 5.92 Å². The Morgan fingerprint density at radius 3 is 2.00 bits per heavy atom. The molecule has 4 nitrogen and oxygen atoms in total. The van der Waals surface area contributed by atoms with Gasteiger partial charge in [-0.25, -0.2) is 0 Å². The van der Waals surface area contributed by atoms with Gasteiger partial charge in [0.1, 0.15) is 0 Å². The molecular formula is C22H19N3O. The SMILES string of the molecule is O=C(Nc1ccc(N=Nc2ccccc2)cc1)[C@@H]1C[C@@H]1c1ccccc1. The Morgan fingerprint density at radius 2 is 1.35 bits per heavy atom. The van der Waals surface area contributed by atoms with E-state index in [1.807, 2.05) is 72.8 Å².